The first-order valence-electron chi connectivity index (χ1n) is 7.41. The summed E-state index contributed by atoms with van der Waals surface area (Å²) >= 11 is 1.63. The van der Waals surface area contributed by atoms with Crippen molar-refractivity contribution >= 4 is 22.9 Å². The molecule has 0 aliphatic carbocycles. The lowest BCUT2D eigenvalue weighted by Crippen LogP contribution is -2.13. The minimum absolute atomic E-state index is 0.0363. The van der Waals surface area contributed by atoms with Crippen LogP contribution in [0.2, 0.25) is 0 Å². The highest BCUT2D eigenvalue weighted by Crippen LogP contribution is 2.26. The molecule has 2 aromatic heterocycles. The Morgan fingerprint density at radius 1 is 1.38 bits per heavy atom. The molecule has 0 aliphatic heterocycles. The van der Waals surface area contributed by atoms with Crippen LogP contribution in [0.4, 0.5) is 5.69 Å². The van der Waals surface area contributed by atoms with Crippen LogP contribution in [0.1, 0.15) is 17.8 Å². The molecule has 24 heavy (non-hydrogen) atoms. The number of thiophene rings is 1. The summed E-state index contributed by atoms with van der Waals surface area (Å²) in [6, 6.07) is 7.41. The van der Waals surface area contributed by atoms with Gasteiger partial charge >= 0.3 is 0 Å². The number of benzene rings is 1. The third-order valence-corrected chi connectivity index (χ3v) is 4.27. The van der Waals surface area contributed by atoms with Crippen LogP contribution in [0.5, 0.6) is 5.75 Å². The normalized spacial score (nSPS) is 10.6. The van der Waals surface area contributed by atoms with E-state index in [0.29, 0.717) is 29.4 Å². The standard InChI is InChI=1S/C16H17N5O2S/c1-11-18-19-20-21(11)14-9-13(4-5-15(14)23-2)17-16(22)6-3-12-7-8-24-10-12/h4-5,7-10H,3,6H2,1-2H3,(H,17,22). The first-order chi connectivity index (χ1) is 11.7. The highest BCUT2D eigenvalue weighted by atomic mass is 32.1. The summed E-state index contributed by atoms with van der Waals surface area (Å²) in [5.41, 5.74) is 2.53. The maximum atomic E-state index is 12.1. The molecular weight excluding hydrogens is 326 g/mol. The summed E-state index contributed by atoms with van der Waals surface area (Å²) in [5, 5.41) is 18.4. The number of nitrogens with zero attached hydrogens (tertiary/aromatic N) is 4. The molecule has 0 radical (unpaired) electrons. The van der Waals surface area contributed by atoms with Crippen LogP contribution in [0.25, 0.3) is 5.69 Å². The molecule has 2 heterocycles. The Hall–Kier alpha value is -2.74. The average molecular weight is 343 g/mol. The fourth-order valence-corrected chi connectivity index (χ4v) is 3.01. The van der Waals surface area contributed by atoms with E-state index in [1.54, 1.807) is 48.3 Å². The van der Waals surface area contributed by atoms with Gasteiger partial charge in [0.1, 0.15) is 11.4 Å². The van der Waals surface area contributed by atoms with Crippen molar-refractivity contribution in [1.29, 1.82) is 0 Å². The number of hydrogen-bond acceptors (Lipinski definition) is 6. The SMILES string of the molecule is COc1ccc(NC(=O)CCc2ccsc2)cc1-n1nnnc1C. The third-order valence-electron chi connectivity index (χ3n) is 3.54. The second-order valence-electron chi connectivity index (χ2n) is 5.20. The van der Waals surface area contributed by atoms with Crippen molar-refractivity contribution in [3.63, 3.8) is 0 Å². The number of aromatic nitrogens is 4. The highest BCUT2D eigenvalue weighted by molar-refractivity contribution is 7.07. The van der Waals surface area contributed by atoms with Gasteiger partial charge in [-0.15, -0.1) is 5.10 Å². The Kier molecular flexibility index (Phi) is 4.85. The van der Waals surface area contributed by atoms with Gasteiger partial charge in [0, 0.05) is 12.1 Å². The second kappa shape index (κ2) is 7.22. The molecule has 0 aliphatic rings. The van der Waals surface area contributed by atoms with Gasteiger partial charge in [-0.25, -0.2) is 0 Å². The van der Waals surface area contributed by atoms with E-state index < -0.39 is 0 Å². The van der Waals surface area contributed by atoms with Crippen LogP contribution in [-0.4, -0.2) is 33.2 Å². The zero-order valence-electron chi connectivity index (χ0n) is 13.4. The van der Waals surface area contributed by atoms with Gasteiger partial charge in [-0.05, 0) is 64.4 Å². The average Bonchev–Trinajstić information content (AvgIpc) is 3.24. The maximum Gasteiger partial charge on any atom is 0.224 e. The van der Waals surface area contributed by atoms with Crippen molar-refractivity contribution in [2.45, 2.75) is 19.8 Å². The van der Waals surface area contributed by atoms with E-state index in [4.69, 9.17) is 4.74 Å². The van der Waals surface area contributed by atoms with Crippen LogP contribution < -0.4 is 10.1 Å². The molecule has 8 heteroatoms. The van der Waals surface area contributed by atoms with Crippen molar-refractivity contribution in [2.24, 2.45) is 0 Å². The number of hydrogen-bond donors (Lipinski definition) is 1. The second-order valence-corrected chi connectivity index (χ2v) is 5.98. The summed E-state index contributed by atoms with van der Waals surface area (Å²) in [4.78, 5) is 12.1. The number of carbonyl (C=O) groups is 1. The molecule has 0 atom stereocenters. The zero-order valence-corrected chi connectivity index (χ0v) is 14.2. The Bertz CT molecular complexity index is 829. The van der Waals surface area contributed by atoms with Crippen LogP contribution >= 0.6 is 11.3 Å². The molecule has 0 saturated carbocycles. The first-order valence-corrected chi connectivity index (χ1v) is 8.36. The number of nitrogens with one attached hydrogen (secondary N) is 1. The van der Waals surface area contributed by atoms with Gasteiger partial charge < -0.3 is 10.1 Å². The predicted molar refractivity (Wildman–Crippen MR) is 91.7 cm³/mol. The lowest BCUT2D eigenvalue weighted by molar-refractivity contribution is -0.116. The number of amides is 1. The number of ether oxygens (including phenoxy) is 1. The molecule has 0 unspecified atom stereocenters. The summed E-state index contributed by atoms with van der Waals surface area (Å²) in [5.74, 6) is 1.22. The Morgan fingerprint density at radius 3 is 2.92 bits per heavy atom. The van der Waals surface area contributed by atoms with Gasteiger partial charge in [0.15, 0.2) is 5.82 Å². The van der Waals surface area contributed by atoms with Crippen molar-refractivity contribution in [3.8, 4) is 11.4 Å². The molecule has 3 aromatic rings. The smallest absolute Gasteiger partial charge is 0.224 e. The van der Waals surface area contributed by atoms with E-state index in [1.165, 1.54) is 5.56 Å². The minimum atomic E-state index is -0.0363. The van der Waals surface area contributed by atoms with E-state index in [-0.39, 0.29) is 5.91 Å². The Labute approximate surface area is 143 Å². The van der Waals surface area contributed by atoms with Gasteiger partial charge in [0.25, 0.3) is 0 Å². The summed E-state index contributed by atoms with van der Waals surface area (Å²) in [6.45, 7) is 1.80. The number of rotatable bonds is 6. The molecule has 0 fully saturated rings. The van der Waals surface area contributed by atoms with Gasteiger partial charge in [0.05, 0.1) is 7.11 Å². The maximum absolute atomic E-state index is 12.1. The lowest BCUT2D eigenvalue weighted by Gasteiger charge is -2.11. The molecule has 0 bridgehead atoms. The summed E-state index contributed by atoms with van der Waals surface area (Å²) < 4.78 is 6.92. The number of anilines is 1. The van der Waals surface area contributed by atoms with Gasteiger partial charge in [0.2, 0.25) is 5.91 Å². The molecule has 3 rings (SSSR count). The summed E-state index contributed by atoms with van der Waals surface area (Å²) in [6.07, 6.45) is 1.16. The van der Waals surface area contributed by atoms with Crippen molar-refractivity contribution < 1.29 is 9.53 Å². The summed E-state index contributed by atoms with van der Waals surface area (Å²) in [7, 11) is 1.58. The minimum Gasteiger partial charge on any atom is -0.494 e. The van der Waals surface area contributed by atoms with Crippen LogP contribution in [0.3, 0.4) is 0 Å². The first kappa shape index (κ1) is 16.1. The monoisotopic (exact) mass is 343 g/mol. The molecule has 0 spiro atoms. The van der Waals surface area contributed by atoms with E-state index in [2.05, 4.69) is 26.2 Å². The number of tetrazole rings is 1. The van der Waals surface area contributed by atoms with Crippen molar-refractivity contribution in [1.82, 2.24) is 20.2 Å². The quantitative estimate of drug-likeness (QED) is 0.744. The zero-order chi connectivity index (χ0) is 16.9. The third kappa shape index (κ3) is 3.60. The van der Waals surface area contributed by atoms with Gasteiger partial charge in [-0.2, -0.15) is 16.0 Å². The number of methoxy groups -OCH3 is 1. The molecular formula is C16H17N5O2S. The van der Waals surface area contributed by atoms with Crippen LogP contribution in [0.15, 0.2) is 35.0 Å². The predicted octanol–water partition coefficient (Wildman–Crippen LogP) is 2.61. The molecule has 0 saturated heterocycles. The highest BCUT2D eigenvalue weighted by Gasteiger charge is 2.12. The Morgan fingerprint density at radius 2 is 2.25 bits per heavy atom. The molecule has 1 N–H and O–H groups in total. The van der Waals surface area contributed by atoms with E-state index in [0.717, 1.165) is 6.42 Å². The van der Waals surface area contributed by atoms with Crippen LogP contribution in [-0.2, 0) is 11.2 Å². The van der Waals surface area contributed by atoms with Gasteiger partial charge in [-0.3, -0.25) is 4.79 Å². The van der Waals surface area contributed by atoms with Gasteiger partial charge in [-0.1, -0.05) is 0 Å². The number of carbonyl (C=O) groups excluding carboxylic acids is 1. The fourth-order valence-electron chi connectivity index (χ4n) is 2.30. The number of aryl methyl sites for hydroxylation is 2. The lowest BCUT2D eigenvalue weighted by atomic mass is 10.2. The molecule has 1 aromatic carbocycles. The van der Waals surface area contributed by atoms with Crippen LogP contribution in [0, 0.1) is 6.92 Å². The molecule has 7 nitrogen and oxygen atoms in total. The fraction of sp³-hybridized carbons (Fsp3) is 0.250. The Balaban J connectivity index is 1.74. The van der Waals surface area contributed by atoms with Crippen molar-refractivity contribution in [3.05, 3.63) is 46.4 Å². The largest absolute Gasteiger partial charge is 0.494 e. The molecule has 1 amide bonds. The van der Waals surface area contributed by atoms with E-state index >= 15 is 0 Å². The van der Waals surface area contributed by atoms with E-state index in [1.807, 2.05) is 11.4 Å². The topological polar surface area (TPSA) is 81.9 Å². The van der Waals surface area contributed by atoms with Crippen molar-refractivity contribution in [2.75, 3.05) is 12.4 Å². The molecule has 124 valence electrons. The van der Waals surface area contributed by atoms with E-state index in [9.17, 15) is 4.79 Å².